The van der Waals surface area contributed by atoms with E-state index >= 15 is 0 Å². The average molecular weight is 322 g/mol. The molecule has 0 fully saturated rings. The van der Waals surface area contributed by atoms with Crippen molar-refractivity contribution in [3.8, 4) is 0 Å². The van der Waals surface area contributed by atoms with Gasteiger partial charge in [0.2, 0.25) is 0 Å². The van der Waals surface area contributed by atoms with Crippen molar-refractivity contribution in [2.75, 3.05) is 11.1 Å². The molecule has 0 aliphatic carbocycles. The first-order chi connectivity index (χ1) is 10.0. The van der Waals surface area contributed by atoms with E-state index in [1.807, 2.05) is 0 Å². The number of aromatic amines is 1. The van der Waals surface area contributed by atoms with Crippen molar-refractivity contribution in [3.05, 3.63) is 46.5 Å². The highest BCUT2D eigenvalue weighted by Gasteiger charge is 2.14. The summed E-state index contributed by atoms with van der Waals surface area (Å²) >= 11 is 11.7. The zero-order valence-corrected chi connectivity index (χ0v) is 12.0. The number of hydrogen-bond acceptors (Lipinski definition) is 4. The third-order valence-corrected chi connectivity index (χ3v) is 3.61. The van der Waals surface area contributed by atoms with Crippen molar-refractivity contribution in [1.29, 1.82) is 0 Å². The van der Waals surface area contributed by atoms with Gasteiger partial charge in [0.1, 0.15) is 17.0 Å². The molecule has 0 bridgehead atoms. The van der Waals surface area contributed by atoms with Crippen LogP contribution in [0, 0.1) is 0 Å². The van der Waals surface area contributed by atoms with Gasteiger partial charge in [0.05, 0.1) is 0 Å². The summed E-state index contributed by atoms with van der Waals surface area (Å²) in [5, 5.41) is 3.58. The molecule has 8 heteroatoms. The van der Waals surface area contributed by atoms with Crippen LogP contribution in [0.4, 0.5) is 11.5 Å². The Bertz CT molecular complexity index is 846. The topological polar surface area (TPSA) is 96.7 Å². The SMILES string of the molecule is Nc1ccc2[nH]c(C(=O)Nc3ncnc(Cl)c3Cl)cc2c1. The van der Waals surface area contributed by atoms with E-state index in [1.165, 1.54) is 6.33 Å². The Hall–Kier alpha value is -2.31. The highest BCUT2D eigenvalue weighted by Crippen LogP contribution is 2.26. The van der Waals surface area contributed by atoms with Crippen LogP contribution in [0.5, 0.6) is 0 Å². The summed E-state index contributed by atoms with van der Waals surface area (Å²) in [6.45, 7) is 0. The Balaban J connectivity index is 1.91. The van der Waals surface area contributed by atoms with Crippen LogP contribution in [-0.4, -0.2) is 20.9 Å². The number of hydrogen-bond donors (Lipinski definition) is 3. The molecule has 0 saturated carbocycles. The quantitative estimate of drug-likeness (QED) is 0.499. The number of carbonyl (C=O) groups excluding carboxylic acids is 1. The van der Waals surface area contributed by atoms with Gasteiger partial charge in [-0.25, -0.2) is 9.97 Å². The zero-order valence-electron chi connectivity index (χ0n) is 10.5. The lowest BCUT2D eigenvalue weighted by molar-refractivity contribution is 0.102. The van der Waals surface area contributed by atoms with E-state index in [4.69, 9.17) is 28.9 Å². The van der Waals surface area contributed by atoms with Crippen molar-refractivity contribution in [2.45, 2.75) is 0 Å². The lowest BCUT2D eigenvalue weighted by atomic mass is 10.2. The van der Waals surface area contributed by atoms with Gasteiger partial charge in [-0.15, -0.1) is 0 Å². The first kappa shape index (κ1) is 13.7. The molecule has 6 nitrogen and oxygen atoms in total. The average Bonchev–Trinajstić information content (AvgIpc) is 2.87. The maximum Gasteiger partial charge on any atom is 0.273 e. The molecule has 0 spiro atoms. The molecule has 0 unspecified atom stereocenters. The maximum absolute atomic E-state index is 12.2. The summed E-state index contributed by atoms with van der Waals surface area (Å²) in [4.78, 5) is 22.8. The second-order valence-electron chi connectivity index (χ2n) is 4.31. The molecule has 2 aromatic heterocycles. The van der Waals surface area contributed by atoms with E-state index in [2.05, 4.69) is 20.3 Å². The highest BCUT2D eigenvalue weighted by molar-refractivity contribution is 6.43. The Morgan fingerprint density at radius 3 is 2.86 bits per heavy atom. The lowest BCUT2D eigenvalue weighted by Gasteiger charge is -2.04. The number of halogens is 2. The minimum Gasteiger partial charge on any atom is -0.399 e. The minimum atomic E-state index is -0.388. The Labute approximate surface area is 129 Å². The van der Waals surface area contributed by atoms with E-state index in [0.717, 1.165) is 10.9 Å². The minimum absolute atomic E-state index is 0.0754. The summed E-state index contributed by atoms with van der Waals surface area (Å²) in [7, 11) is 0. The number of H-pyrrole nitrogens is 1. The van der Waals surface area contributed by atoms with E-state index in [1.54, 1.807) is 24.3 Å². The monoisotopic (exact) mass is 321 g/mol. The van der Waals surface area contributed by atoms with Gasteiger partial charge in [-0.3, -0.25) is 4.79 Å². The van der Waals surface area contributed by atoms with Crippen LogP contribution >= 0.6 is 23.2 Å². The molecule has 0 saturated heterocycles. The Morgan fingerprint density at radius 2 is 2.05 bits per heavy atom. The second kappa shape index (κ2) is 5.23. The molecule has 4 N–H and O–H groups in total. The maximum atomic E-state index is 12.2. The first-order valence-electron chi connectivity index (χ1n) is 5.90. The fourth-order valence-electron chi connectivity index (χ4n) is 1.88. The van der Waals surface area contributed by atoms with Gasteiger partial charge in [-0.1, -0.05) is 23.2 Å². The molecule has 0 radical (unpaired) electrons. The highest BCUT2D eigenvalue weighted by atomic mass is 35.5. The normalized spacial score (nSPS) is 10.8. The third kappa shape index (κ3) is 2.63. The van der Waals surface area contributed by atoms with E-state index in [9.17, 15) is 4.79 Å². The number of nitrogens with two attached hydrogens (primary N) is 1. The number of amides is 1. The predicted octanol–water partition coefficient (Wildman–Crippen LogP) is 3.10. The molecule has 1 amide bonds. The number of nitrogens with zero attached hydrogens (tertiary/aromatic N) is 2. The van der Waals surface area contributed by atoms with Crippen molar-refractivity contribution in [1.82, 2.24) is 15.0 Å². The molecule has 3 aromatic rings. The fraction of sp³-hybridized carbons (Fsp3) is 0. The number of aromatic nitrogens is 3. The summed E-state index contributed by atoms with van der Waals surface area (Å²) < 4.78 is 0. The van der Waals surface area contributed by atoms with E-state index in [-0.39, 0.29) is 21.9 Å². The molecule has 0 atom stereocenters. The van der Waals surface area contributed by atoms with Crippen LogP contribution in [0.1, 0.15) is 10.5 Å². The van der Waals surface area contributed by atoms with Gasteiger partial charge in [0, 0.05) is 16.6 Å². The van der Waals surface area contributed by atoms with Crippen LogP contribution in [0.3, 0.4) is 0 Å². The summed E-state index contributed by atoms with van der Waals surface area (Å²) in [5.74, 6) is -0.235. The summed E-state index contributed by atoms with van der Waals surface area (Å²) in [6, 6.07) is 7.02. The van der Waals surface area contributed by atoms with Crippen LogP contribution in [0.2, 0.25) is 10.2 Å². The van der Waals surface area contributed by atoms with Crippen molar-refractivity contribution in [3.63, 3.8) is 0 Å². The van der Waals surface area contributed by atoms with E-state index < -0.39 is 0 Å². The van der Waals surface area contributed by atoms with Crippen LogP contribution in [-0.2, 0) is 0 Å². The predicted molar refractivity (Wildman–Crippen MR) is 82.7 cm³/mol. The number of fused-ring (bicyclic) bond motifs is 1. The van der Waals surface area contributed by atoms with Crippen LogP contribution in [0.15, 0.2) is 30.6 Å². The molecule has 3 rings (SSSR count). The fourth-order valence-corrected chi connectivity index (χ4v) is 2.16. The summed E-state index contributed by atoms with van der Waals surface area (Å²) in [6.07, 6.45) is 1.22. The largest absolute Gasteiger partial charge is 0.399 e. The zero-order chi connectivity index (χ0) is 15.0. The van der Waals surface area contributed by atoms with Crippen LogP contribution in [0.25, 0.3) is 10.9 Å². The number of benzene rings is 1. The molecule has 0 aliphatic heterocycles. The summed E-state index contributed by atoms with van der Waals surface area (Å²) in [5.41, 5.74) is 7.50. The lowest BCUT2D eigenvalue weighted by Crippen LogP contribution is -2.13. The number of carbonyl (C=O) groups is 1. The number of nitrogens with one attached hydrogen (secondary N) is 2. The van der Waals surface area contributed by atoms with Crippen LogP contribution < -0.4 is 11.1 Å². The number of rotatable bonds is 2. The van der Waals surface area contributed by atoms with Gasteiger partial charge in [0.25, 0.3) is 5.91 Å². The van der Waals surface area contributed by atoms with Crippen molar-refractivity contribution >= 4 is 51.5 Å². The van der Waals surface area contributed by atoms with Gasteiger partial charge in [-0.05, 0) is 24.3 Å². The molecular formula is C13H9Cl2N5O. The first-order valence-corrected chi connectivity index (χ1v) is 6.66. The van der Waals surface area contributed by atoms with Gasteiger partial charge >= 0.3 is 0 Å². The Kier molecular flexibility index (Phi) is 3.40. The van der Waals surface area contributed by atoms with Crippen molar-refractivity contribution < 1.29 is 4.79 Å². The van der Waals surface area contributed by atoms with E-state index in [0.29, 0.717) is 11.4 Å². The number of anilines is 2. The standard InChI is InChI=1S/C13H9Cl2N5O/c14-10-11(15)17-5-18-12(10)20-13(21)9-4-6-3-7(16)1-2-8(6)19-9/h1-5,19H,16H2,(H,17,18,20,21). The molecule has 2 heterocycles. The smallest absolute Gasteiger partial charge is 0.273 e. The third-order valence-electron chi connectivity index (χ3n) is 2.87. The van der Waals surface area contributed by atoms with Gasteiger partial charge in [-0.2, -0.15) is 0 Å². The molecular weight excluding hydrogens is 313 g/mol. The van der Waals surface area contributed by atoms with Gasteiger partial charge < -0.3 is 16.0 Å². The molecule has 1 aromatic carbocycles. The molecule has 106 valence electrons. The van der Waals surface area contributed by atoms with Crippen molar-refractivity contribution in [2.24, 2.45) is 0 Å². The second-order valence-corrected chi connectivity index (χ2v) is 5.05. The Morgan fingerprint density at radius 1 is 1.24 bits per heavy atom. The number of nitrogen functional groups attached to an aromatic ring is 1. The van der Waals surface area contributed by atoms with Gasteiger partial charge in [0.15, 0.2) is 11.0 Å². The molecule has 21 heavy (non-hydrogen) atoms. The molecule has 0 aliphatic rings.